The molecule has 4 nitrogen and oxygen atoms in total. The summed E-state index contributed by atoms with van der Waals surface area (Å²) in [4.78, 5) is 2.60. The van der Waals surface area contributed by atoms with Gasteiger partial charge in [0.2, 0.25) is 0 Å². The minimum Gasteiger partial charge on any atom is -0.368 e. The van der Waals surface area contributed by atoms with E-state index in [0.717, 1.165) is 16.8 Å². The predicted octanol–water partition coefficient (Wildman–Crippen LogP) is 1.24. The summed E-state index contributed by atoms with van der Waals surface area (Å²) in [5, 5.41) is 0. The van der Waals surface area contributed by atoms with E-state index in [9.17, 15) is 8.42 Å². The van der Waals surface area contributed by atoms with Crippen LogP contribution in [0.1, 0.15) is 18.1 Å². The second-order valence-electron chi connectivity index (χ2n) is 5.12. The van der Waals surface area contributed by atoms with Crippen molar-refractivity contribution in [2.75, 3.05) is 23.7 Å². The van der Waals surface area contributed by atoms with Crippen LogP contribution in [0.3, 0.4) is 0 Å². The van der Waals surface area contributed by atoms with Gasteiger partial charge in [-0.05, 0) is 31.9 Å². The van der Waals surface area contributed by atoms with Crippen molar-refractivity contribution in [3.8, 4) is 0 Å². The van der Waals surface area contributed by atoms with Crippen molar-refractivity contribution in [3.63, 3.8) is 0 Å². The molecule has 0 saturated carbocycles. The maximum atomic E-state index is 12.2. The fraction of sp³-hybridized carbons (Fsp3) is 0.538. The molecule has 0 radical (unpaired) electrons. The van der Waals surface area contributed by atoms with Crippen molar-refractivity contribution in [1.29, 1.82) is 0 Å². The second kappa shape index (κ2) is 4.55. The lowest BCUT2D eigenvalue weighted by Gasteiger charge is -2.34. The molecule has 0 saturated heterocycles. The minimum absolute atomic E-state index is 0.0265. The standard InChI is InChI=1S/C13H20N2O2S/c1-9-4-5-10(2)13-12(9)15(8-11(3)14)6-7-18(13,16)17/h4-5,11H,6-8,14H2,1-3H3. The summed E-state index contributed by atoms with van der Waals surface area (Å²) in [5.74, 6) is 0.178. The first-order chi connectivity index (χ1) is 8.33. The van der Waals surface area contributed by atoms with Crippen LogP contribution in [-0.2, 0) is 9.84 Å². The number of hydrogen-bond donors (Lipinski definition) is 1. The normalized spacial score (nSPS) is 19.4. The first kappa shape index (κ1) is 13.4. The summed E-state index contributed by atoms with van der Waals surface area (Å²) in [6, 6.07) is 3.88. The van der Waals surface area contributed by atoms with Crippen LogP contribution in [0.25, 0.3) is 0 Å². The van der Waals surface area contributed by atoms with Crippen molar-refractivity contribution in [2.45, 2.75) is 31.7 Å². The van der Waals surface area contributed by atoms with Crippen LogP contribution in [0, 0.1) is 13.8 Å². The molecule has 0 amide bonds. The molecule has 1 aliphatic rings. The topological polar surface area (TPSA) is 63.4 Å². The monoisotopic (exact) mass is 268 g/mol. The van der Waals surface area contributed by atoms with E-state index in [-0.39, 0.29) is 11.8 Å². The second-order valence-corrected chi connectivity index (χ2v) is 7.17. The van der Waals surface area contributed by atoms with Crippen LogP contribution >= 0.6 is 0 Å². The molecule has 1 heterocycles. The van der Waals surface area contributed by atoms with Crippen LogP contribution in [-0.4, -0.2) is 33.3 Å². The third-order valence-corrected chi connectivity index (χ3v) is 5.15. The summed E-state index contributed by atoms with van der Waals surface area (Å²) in [5.41, 5.74) is 8.51. The molecule has 0 spiro atoms. The summed E-state index contributed by atoms with van der Waals surface area (Å²) in [6.45, 7) is 6.96. The van der Waals surface area contributed by atoms with Gasteiger partial charge in [0.25, 0.3) is 0 Å². The molecular formula is C13H20N2O2S. The van der Waals surface area contributed by atoms with Crippen LogP contribution in [0.15, 0.2) is 17.0 Å². The molecule has 2 N–H and O–H groups in total. The van der Waals surface area contributed by atoms with Gasteiger partial charge in [0, 0.05) is 19.1 Å². The van der Waals surface area contributed by atoms with E-state index >= 15 is 0 Å². The van der Waals surface area contributed by atoms with Gasteiger partial charge in [-0.1, -0.05) is 12.1 Å². The van der Waals surface area contributed by atoms with Gasteiger partial charge in [0.05, 0.1) is 16.3 Å². The zero-order chi connectivity index (χ0) is 13.5. The molecule has 5 heteroatoms. The van der Waals surface area contributed by atoms with E-state index < -0.39 is 9.84 Å². The van der Waals surface area contributed by atoms with Gasteiger partial charge in [-0.15, -0.1) is 0 Å². The minimum atomic E-state index is -3.15. The molecule has 1 atom stereocenters. The van der Waals surface area contributed by atoms with Crippen LogP contribution < -0.4 is 10.6 Å². The first-order valence-electron chi connectivity index (χ1n) is 6.16. The number of rotatable bonds is 2. The SMILES string of the molecule is Cc1ccc(C)c2c1N(CC(C)N)CCS2(=O)=O. The molecule has 1 unspecified atom stereocenters. The molecule has 0 bridgehead atoms. The molecule has 100 valence electrons. The van der Waals surface area contributed by atoms with Gasteiger partial charge < -0.3 is 10.6 Å². The fourth-order valence-corrected chi connectivity index (χ4v) is 4.34. The van der Waals surface area contributed by atoms with Gasteiger partial charge >= 0.3 is 0 Å². The van der Waals surface area contributed by atoms with E-state index in [1.165, 1.54) is 0 Å². The van der Waals surface area contributed by atoms with E-state index in [4.69, 9.17) is 5.73 Å². The molecule has 2 rings (SSSR count). The Morgan fingerprint density at radius 1 is 1.33 bits per heavy atom. The van der Waals surface area contributed by atoms with Crippen molar-refractivity contribution in [3.05, 3.63) is 23.3 Å². The van der Waals surface area contributed by atoms with E-state index in [0.29, 0.717) is 18.0 Å². The Labute approximate surface area is 109 Å². The first-order valence-corrected chi connectivity index (χ1v) is 7.81. The summed E-state index contributed by atoms with van der Waals surface area (Å²) < 4.78 is 24.4. The number of benzene rings is 1. The Bertz CT molecular complexity index is 565. The van der Waals surface area contributed by atoms with Crippen LogP contribution in [0.2, 0.25) is 0 Å². The van der Waals surface area contributed by atoms with Gasteiger partial charge in [-0.2, -0.15) is 0 Å². The van der Waals surface area contributed by atoms with E-state index in [2.05, 4.69) is 4.90 Å². The Kier molecular flexibility index (Phi) is 3.38. The highest BCUT2D eigenvalue weighted by Gasteiger charge is 2.31. The highest BCUT2D eigenvalue weighted by Crippen LogP contribution is 2.35. The fourth-order valence-electron chi connectivity index (χ4n) is 2.53. The third kappa shape index (κ3) is 2.24. The van der Waals surface area contributed by atoms with Crippen LogP contribution in [0.5, 0.6) is 0 Å². The molecular weight excluding hydrogens is 248 g/mol. The lowest BCUT2D eigenvalue weighted by molar-refractivity contribution is 0.584. The Morgan fingerprint density at radius 3 is 2.56 bits per heavy atom. The summed E-state index contributed by atoms with van der Waals surface area (Å²) in [6.07, 6.45) is 0. The Balaban J connectivity index is 2.62. The molecule has 0 fully saturated rings. The van der Waals surface area contributed by atoms with Gasteiger partial charge in [-0.25, -0.2) is 8.42 Å². The third-order valence-electron chi connectivity index (χ3n) is 3.30. The lowest BCUT2D eigenvalue weighted by Crippen LogP contribution is -2.42. The predicted molar refractivity (Wildman–Crippen MR) is 73.8 cm³/mol. The Morgan fingerprint density at radius 2 is 1.94 bits per heavy atom. The average Bonchev–Trinajstić information content (AvgIpc) is 2.25. The molecule has 1 aromatic carbocycles. The number of fused-ring (bicyclic) bond motifs is 1. The molecule has 0 aromatic heterocycles. The maximum Gasteiger partial charge on any atom is 0.182 e. The molecule has 1 aliphatic heterocycles. The average molecular weight is 268 g/mol. The number of nitrogens with zero attached hydrogens (tertiary/aromatic N) is 1. The van der Waals surface area contributed by atoms with Crippen molar-refractivity contribution in [1.82, 2.24) is 0 Å². The summed E-state index contributed by atoms with van der Waals surface area (Å²) in [7, 11) is -3.15. The highest BCUT2D eigenvalue weighted by molar-refractivity contribution is 7.91. The van der Waals surface area contributed by atoms with Crippen molar-refractivity contribution < 1.29 is 8.42 Å². The molecule has 0 aliphatic carbocycles. The molecule has 18 heavy (non-hydrogen) atoms. The Hall–Kier alpha value is -1.07. The zero-order valence-corrected chi connectivity index (χ0v) is 11.9. The molecule has 1 aromatic rings. The summed E-state index contributed by atoms with van der Waals surface area (Å²) >= 11 is 0. The quantitative estimate of drug-likeness (QED) is 0.876. The number of sulfone groups is 1. The number of hydrogen-bond acceptors (Lipinski definition) is 4. The van der Waals surface area contributed by atoms with Gasteiger partial charge in [-0.3, -0.25) is 0 Å². The number of nitrogens with two attached hydrogens (primary N) is 1. The number of aryl methyl sites for hydroxylation is 2. The zero-order valence-electron chi connectivity index (χ0n) is 11.1. The number of anilines is 1. The largest absolute Gasteiger partial charge is 0.368 e. The highest BCUT2D eigenvalue weighted by atomic mass is 32.2. The van der Waals surface area contributed by atoms with Crippen molar-refractivity contribution in [2.24, 2.45) is 5.73 Å². The van der Waals surface area contributed by atoms with E-state index in [1.807, 2.05) is 32.9 Å². The van der Waals surface area contributed by atoms with Crippen LogP contribution in [0.4, 0.5) is 5.69 Å². The maximum absolute atomic E-state index is 12.2. The van der Waals surface area contributed by atoms with Crippen molar-refractivity contribution >= 4 is 15.5 Å². The smallest absolute Gasteiger partial charge is 0.182 e. The van der Waals surface area contributed by atoms with Gasteiger partial charge in [0.15, 0.2) is 9.84 Å². The van der Waals surface area contributed by atoms with E-state index in [1.54, 1.807) is 0 Å². The lowest BCUT2D eigenvalue weighted by atomic mass is 10.1. The van der Waals surface area contributed by atoms with Gasteiger partial charge in [0.1, 0.15) is 0 Å².